The van der Waals surface area contributed by atoms with Gasteiger partial charge in [-0.05, 0) is 23.8 Å². The first-order chi connectivity index (χ1) is 12.7. The number of aromatic nitrogens is 3. The average molecular weight is 431 g/mol. The van der Waals surface area contributed by atoms with Gasteiger partial charge in [-0.2, -0.15) is 16.9 Å². The summed E-state index contributed by atoms with van der Waals surface area (Å²) in [5, 5.41) is 7.26. The maximum atomic E-state index is 12.2. The van der Waals surface area contributed by atoms with Gasteiger partial charge in [0.05, 0.1) is 18.4 Å². The first-order valence-electron chi connectivity index (χ1n) is 8.25. The van der Waals surface area contributed by atoms with Crippen LogP contribution in [0.1, 0.15) is 17.7 Å². The second-order valence-corrected chi connectivity index (χ2v) is 7.60. The first-order valence-corrected chi connectivity index (χ1v) is 10.2. The molecule has 0 bridgehead atoms. The fourth-order valence-corrected chi connectivity index (χ4v) is 3.65. The molecule has 0 saturated carbocycles. The van der Waals surface area contributed by atoms with Crippen molar-refractivity contribution >= 4 is 39.4 Å². The van der Waals surface area contributed by atoms with E-state index >= 15 is 0 Å². The Morgan fingerprint density at radius 3 is 2.77 bits per heavy atom. The van der Waals surface area contributed by atoms with Crippen LogP contribution in [0.15, 0.2) is 65.4 Å². The van der Waals surface area contributed by atoms with Crippen molar-refractivity contribution in [3.05, 3.63) is 76.7 Å². The van der Waals surface area contributed by atoms with Gasteiger partial charge in [0.1, 0.15) is 5.82 Å². The van der Waals surface area contributed by atoms with Crippen LogP contribution in [0.5, 0.6) is 0 Å². The van der Waals surface area contributed by atoms with Gasteiger partial charge in [0, 0.05) is 34.7 Å². The SMILES string of the molecule is O=C(CCSCc1ccccn1)Nc1ccnn1Cc1ccccc1Br. The van der Waals surface area contributed by atoms with Gasteiger partial charge in [-0.1, -0.05) is 40.2 Å². The molecule has 2 aromatic heterocycles. The molecule has 26 heavy (non-hydrogen) atoms. The zero-order valence-corrected chi connectivity index (χ0v) is 16.5. The molecule has 0 unspecified atom stereocenters. The molecule has 3 rings (SSSR count). The molecule has 0 aliphatic rings. The van der Waals surface area contributed by atoms with Gasteiger partial charge in [-0.3, -0.25) is 9.78 Å². The standard InChI is InChI=1S/C19H19BrN4OS/c20-17-7-2-1-5-15(17)13-24-18(8-11-22-24)23-19(25)9-12-26-14-16-6-3-4-10-21-16/h1-8,10-11H,9,12-14H2,(H,23,25). The zero-order chi connectivity index (χ0) is 18.2. The second-order valence-electron chi connectivity index (χ2n) is 5.64. The van der Waals surface area contributed by atoms with Crippen molar-refractivity contribution < 1.29 is 4.79 Å². The molecule has 3 aromatic rings. The fraction of sp³-hybridized carbons (Fsp3) is 0.211. The maximum absolute atomic E-state index is 12.2. The Kier molecular flexibility index (Phi) is 6.85. The number of rotatable bonds is 8. The Hall–Kier alpha value is -2.12. The number of carbonyl (C=O) groups excluding carboxylic acids is 1. The molecule has 1 N–H and O–H groups in total. The summed E-state index contributed by atoms with van der Waals surface area (Å²) in [5.74, 6) is 2.27. The van der Waals surface area contributed by atoms with Crippen LogP contribution >= 0.6 is 27.7 Å². The highest BCUT2D eigenvalue weighted by molar-refractivity contribution is 9.10. The van der Waals surface area contributed by atoms with Gasteiger partial charge in [0.25, 0.3) is 0 Å². The number of amides is 1. The molecule has 0 fully saturated rings. The van der Waals surface area contributed by atoms with E-state index in [-0.39, 0.29) is 5.91 Å². The minimum absolute atomic E-state index is 0.00704. The summed E-state index contributed by atoms with van der Waals surface area (Å²) < 4.78 is 2.82. The van der Waals surface area contributed by atoms with Gasteiger partial charge in [-0.15, -0.1) is 0 Å². The van der Waals surface area contributed by atoms with E-state index in [1.54, 1.807) is 28.8 Å². The summed E-state index contributed by atoms with van der Waals surface area (Å²) in [6.45, 7) is 0.596. The van der Waals surface area contributed by atoms with Crippen LogP contribution in [0.2, 0.25) is 0 Å². The minimum atomic E-state index is -0.00704. The van der Waals surface area contributed by atoms with Gasteiger partial charge < -0.3 is 5.32 Å². The molecule has 5 nitrogen and oxygen atoms in total. The summed E-state index contributed by atoms with van der Waals surface area (Å²) in [4.78, 5) is 16.5. The van der Waals surface area contributed by atoms with E-state index in [0.717, 1.165) is 27.2 Å². The highest BCUT2D eigenvalue weighted by Gasteiger charge is 2.09. The number of hydrogen-bond donors (Lipinski definition) is 1. The quantitative estimate of drug-likeness (QED) is 0.539. The number of hydrogen-bond acceptors (Lipinski definition) is 4. The highest BCUT2D eigenvalue weighted by atomic mass is 79.9. The van der Waals surface area contributed by atoms with E-state index in [1.165, 1.54) is 0 Å². The van der Waals surface area contributed by atoms with E-state index in [1.807, 2.05) is 48.5 Å². The van der Waals surface area contributed by atoms with E-state index in [9.17, 15) is 4.79 Å². The predicted molar refractivity (Wildman–Crippen MR) is 109 cm³/mol. The molecule has 1 amide bonds. The summed E-state index contributed by atoms with van der Waals surface area (Å²) in [6, 6.07) is 15.7. The molecule has 1 aromatic carbocycles. The molecule has 2 heterocycles. The summed E-state index contributed by atoms with van der Waals surface area (Å²) in [7, 11) is 0. The number of carbonyl (C=O) groups is 1. The largest absolute Gasteiger partial charge is 0.311 e. The molecular formula is C19H19BrN4OS. The predicted octanol–water partition coefficient (Wildman–Crippen LogP) is 4.35. The van der Waals surface area contributed by atoms with E-state index in [0.29, 0.717) is 18.8 Å². The van der Waals surface area contributed by atoms with Gasteiger partial charge >= 0.3 is 0 Å². The third kappa shape index (κ3) is 5.44. The van der Waals surface area contributed by atoms with Crippen LogP contribution < -0.4 is 5.32 Å². The topological polar surface area (TPSA) is 59.8 Å². The number of pyridine rings is 1. The van der Waals surface area contributed by atoms with Crippen molar-refractivity contribution in [1.82, 2.24) is 14.8 Å². The van der Waals surface area contributed by atoms with Crippen LogP contribution in [0, 0.1) is 0 Å². The summed E-state index contributed by atoms with van der Waals surface area (Å²) >= 11 is 5.25. The molecule has 134 valence electrons. The van der Waals surface area contributed by atoms with Gasteiger partial charge in [0.2, 0.25) is 5.91 Å². The van der Waals surface area contributed by atoms with Gasteiger partial charge in [-0.25, -0.2) is 4.68 Å². The lowest BCUT2D eigenvalue weighted by molar-refractivity contribution is -0.115. The zero-order valence-electron chi connectivity index (χ0n) is 14.1. The average Bonchev–Trinajstić information content (AvgIpc) is 3.08. The van der Waals surface area contributed by atoms with Crippen LogP contribution in [-0.4, -0.2) is 26.4 Å². The Morgan fingerprint density at radius 1 is 1.12 bits per heavy atom. The smallest absolute Gasteiger partial charge is 0.226 e. The lowest BCUT2D eigenvalue weighted by Gasteiger charge is -2.10. The third-order valence-electron chi connectivity index (χ3n) is 3.71. The Bertz CT molecular complexity index is 854. The van der Waals surface area contributed by atoms with Crippen molar-refractivity contribution in [2.75, 3.05) is 11.1 Å². The Morgan fingerprint density at radius 2 is 1.96 bits per heavy atom. The van der Waals surface area contributed by atoms with Crippen molar-refractivity contribution in [3.8, 4) is 0 Å². The molecule has 0 atom stereocenters. The molecule has 0 aliphatic carbocycles. The maximum Gasteiger partial charge on any atom is 0.226 e. The first kappa shape index (κ1) is 18.7. The molecular weight excluding hydrogens is 412 g/mol. The van der Waals surface area contributed by atoms with Crippen molar-refractivity contribution in [3.63, 3.8) is 0 Å². The fourth-order valence-electron chi connectivity index (χ4n) is 2.38. The number of nitrogens with one attached hydrogen (secondary N) is 1. The van der Waals surface area contributed by atoms with Crippen molar-refractivity contribution in [1.29, 1.82) is 0 Å². The molecule has 0 spiro atoms. The number of thioether (sulfide) groups is 1. The monoisotopic (exact) mass is 430 g/mol. The van der Waals surface area contributed by atoms with E-state index in [2.05, 4.69) is 31.3 Å². The molecule has 0 saturated heterocycles. The highest BCUT2D eigenvalue weighted by Crippen LogP contribution is 2.19. The minimum Gasteiger partial charge on any atom is -0.311 e. The molecule has 0 aliphatic heterocycles. The Balaban J connectivity index is 1.47. The summed E-state index contributed by atoms with van der Waals surface area (Å²) in [6.07, 6.45) is 3.94. The van der Waals surface area contributed by atoms with E-state index < -0.39 is 0 Å². The normalized spacial score (nSPS) is 10.7. The van der Waals surface area contributed by atoms with Crippen LogP contribution in [0.4, 0.5) is 5.82 Å². The third-order valence-corrected chi connectivity index (χ3v) is 5.48. The van der Waals surface area contributed by atoms with Crippen LogP contribution in [0.3, 0.4) is 0 Å². The van der Waals surface area contributed by atoms with Gasteiger partial charge in [0.15, 0.2) is 0 Å². The number of halogens is 1. The molecule has 0 radical (unpaired) electrons. The number of anilines is 1. The Labute approximate surface area is 165 Å². The van der Waals surface area contributed by atoms with Crippen LogP contribution in [-0.2, 0) is 17.1 Å². The lowest BCUT2D eigenvalue weighted by atomic mass is 10.2. The van der Waals surface area contributed by atoms with Crippen molar-refractivity contribution in [2.45, 2.75) is 18.7 Å². The second kappa shape index (κ2) is 9.54. The number of benzene rings is 1. The van der Waals surface area contributed by atoms with E-state index in [4.69, 9.17) is 0 Å². The van der Waals surface area contributed by atoms with Crippen LogP contribution in [0.25, 0.3) is 0 Å². The molecule has 7 heteroatoms. The lowest BCUT2D eigenvalue weighted by Crippen LogP contribution is -2.16. The number of nitrogens with zero attached hydrogens (tertiary/aromatic N) is 3. The summed E-state index contributed by atoms with van der Waals surface area (Å²) in [5.41, 5.74) is 2.14. The van der Waals surface area contributed by atoms with Crippen molar-refractivity contribution in [2.24, 2.45) is 0 Å².